The van der Waals surface area contributed by atoms with E-state index in [1.807, 2.05) is 6.07 Å². The van der Waals surface area contributed by atoms with Gasteiger partial charge in [0.15, 0.2) is 0 Å². The first-order chi connectivity index (χ1) is 13.5. The predicted molar refractivity (Wildman–Crippen MR) is 114 cm³/mol. The van der Waals surface area contributed by atoms with Crippen LogP contribution >= 0.6 is 27.5 Å². The van der Waals surface area contributed by atoms with Crippen molar-refractivity contribution in [2.24, 2.45) is 0 Å². The molecule has 0 fully saturated rings. The number of halogens is 2. The lowest BCUT2D eigenvalue weighted by Gasteiger charge is -2.13. The Morgan fingerprint density at radius 2 is 1.46 bits per heavy atom. The fourth-order valence-electron chi connectivity index (χ4n) is 2.59. The molecule has 2 amide bonds. The minimum Gasteiger partial charge on any atom is -0.495 e. The molecule has 0 aliphatic carbocycles. The standard InChI is InChI=1S/C21H16BrClN2O3/c1-28-19-9-5-4-8-18(19)25-20(26)14-6-2-3-7-17(14)24-21(27)15-12-13(22)10-11-16(15)23/h2-12H,1H3,(H,24,27)(H,25,26). The first-order valence-corrected chi connectivity index (χ1v) is 9.46. The van der Waals surface area contributed by atoms with E-state index in [4.69, 9.17) is 16.3 Å². The third-order valence-electron chi connectivity index (χ3n) is 3.95. The van der Waals surface area contributed by atoms with Gasteiger partial charge in [0.1, 0.15) is 5.75 Å². The van der Waals surface area contributed by atoms with Crippen molar-refractivity contribution >= 4 is 50.7 Å². The van der Waals surface area contributed by atoms with Crippen LogP contribution in [0.4, 0.5) is 11.4 Å². The molecule has 3 aromatic carbocycles. The molecule has 142 valence electrons. The van der Waals surface area contributed by atoms with Gasteiger partial charge in [-0.3, -0.25) is 9.59 Å². The molecule has 0 bridgehead atoms. The Balaban J connectivity index is 1.86. The molecule has 0 spiro atoms. The van der Waals surface area contributed by atoms with E-state index in [1.165, 1.54) is 7.11 Å². The first kappa shape index (κ1) is 19.9. The quantitative estimate of drug-likeness (QED) is 0.521. The maximum atomic E-state index is 12.8. The number of anilines is 2. The van der Waals surface area contributed by atoms with Crippen LogP contribution in [0.25, 0.3) is 0 Å². The minimum absolute atomic E-state index is 0.302. The largest absolute Gasteiger partial charge is 0.495 e. The molecule has 0 unspecified atom stereocenters. The molecule has 0 aliphatic rings. The van der Waals surface area contributed by atoms with Gasteiger partial charge in [0.2, 0.25) is 0 Å². The Morgan fingerprint density at radius 3 is 2.21 bits per heavy atom. The van der Waals surface area contributed by atoms with Crippen molar-refractivity contribution in [3.8, 4) is 5.75 Å². The van der Waals surface area contributed by atoms with E-state index >= 15 is 0 Å². The Morgan fingerprint density at radius 1 is 0.857 bits per heavy atom. The molecule has 0 saturated heterocycles. The van der Waals surface area contributed by atoms with Gasteiger partial charge < -0.3 is 15.4 Å². The summed E-state index contributed by atoms with van der Waals surface area (Å²) in [6.07, 6.45) is 0. The van der Waals surface area contributed by atoms with Gasteiger partial charge in [-0.25, -0.2) is 0 Å². The number of amides is 2. The number of rotatable bonds is 5. The fourth-order valence-corrected chi connectivity index (χ4v) is 3.15. The fraction of sp³-hybridized carbons (Fsp3) is 0.0476. The Hall–Kier alpha value is -2.83. The molecule has 0 saturated carbocycles. The van der Waals surface area contributed by atoms with E-state index in [9.17, 15) is 9.59 Å². The summed E-state index contributed by atoms with van der Waals surface area (Å²) in [6.45, 7) is 0. The number of hydrogen-bond acceptors (Lipinski definition) is 3. The van der Waals surface area contributed by atoms with Crippen molar-refractivity contribution in [1.82, 2.24) is 0 Å². The van der Waals surface area contributed by atoms with Crippen LogP contribution in [-0.4, -0.2) is 18.9 Å². The monoisotopic (exact) mass is 458 g/mol. The lowest BCUT2D eigenvalue weighted by atomic mass is 10.1. The number of carbonyl (C=O) groups is 2. The zero-order valence-electron chi connectivity index (χ0n) is 14.8. The molecule has 0 aliphatic heterocycles. The average molecular weight is 460 g/mol. The van der Waals surface area contributed by atoms with Gasteiger partial charge >= 0.3 is 0 Å². The second kappa shape index (κ2) is 8.91. The Labute approximate surface area is 175 Å². The van der Waals surface area contributed by atoms with Crippen LogP contribution in [0.5, 0.6) is 5.75 Å². The van der Waals surface area contributed by atoms with Crippen molar-refractivity contribution < 1.29 is 14.3 Å². The highest BCUT2D eigenvalue weighted by atomic mass is 79.9. The summed E-state index contributed by atoms with van der Waals surface area (Å²) in [5.74, 6) is -0.247. The highest BCUT2D eigenvalue weighted by Crippen LogP contribution is 2.26. The zero-order valence-corrected chi connectivity index (χ0v) is 17.2. The summed E-state index contributed by atoms with van der Waals surface area (Å²) >= 11 is 9.45. The van der Waals surface area contributed by atoms with Crippen LogP contribution in [0.1, 0.15) is 20.7 Å². The van der Waals surface area contributed by atoms with E-state index in [1.54, 1.807) is 60.7 Å². The lowest BCUT2D eigenvalue weighted by Crippen LogP contribution is -2.18. The van der Waals surface area contributed by atoms with Crippen LogP contribution in [-0.2, 0) is 0 Å². The SMILES string of the molecule is COc1ccccc1NC(=O)c1ccccc1NC(=O)c1cc(Br)ccc1Cl. The van der Waals surface area contributed by atoms with Crippen molar-refractivity contribution in [3.63, 3.8) is 0 Å². The molecule has 0 atom stereocenters. The number of methoxy groups -OCH3 is 1. The second-order valence-electron chi connectivity index (χ2n) is 5.78. The molecule has 7 heteroatoms. The summed E-state index contributed by atoms with van der Waals surface area (Å²) in [7, 11) is 1.53. The zero-order chi connectivity index (χ0) is 20.1. The third-order valence-corrected chi connectivity index (χ3v) is 4.77. The summed E-state index contributed by atoms with van der Waals surface area (Å²) in [5.41, 5.74) is 1.52. The summed E-state index contributed by atoms with van der Waals surface area (Å²) < 4.78 is 5.98. The van der Waals surface area contributed by atoms with Gasteiger partial charge in [0.05, 0.1) is 34.6 Å². The van der Waals surface area contributed by atoms with Gasteiger partial charge in [-0.2, -0.15) is 0 Å². The topological polar surface area (TPSA) is 67.4 Å². The molecule has 3 aromatic rings. The van der Waals surface area contributed by atoms with Crippen LogP contribution in [0.3, 0.4) is 0 Å². The molecule has 0 heterocycles. The predicted octanol–water partition coefficient (Wildman–Crippen LogP) is 5.62. The maximum Gasteiger partial charge on any atom is 0.257 e. The van der Waals surface area contributed by atoms with Crippen LogP contribution in [0, 0.1) is 0 Å². The van der Waals surface area contributed by atoms with E-state index in [-0.39, 0.29) is 5.91 Å². The third kappa shape index (κ3) is 4.52. The number of benzene rings is 3. The Kier molecular flexibility index (Phi) is 6.34. The van der Waals surface area contributed by atoms with Crippen molar-refractivity contribution in [2.45, 2.75) is 0 Å². The highest BCUT2D eigenvalue weighted by Gasteiger charge is 2.17. The maximum absolute atomic E-state index is 12.8. The molecular weight excluding hydrogens is 444 g/mol. The molecule has 0 aromatic heterocycles. The first-order valence-electron chi connectivity index (χ1n) is 8.29. The minimum atomic E-state index is -0.413. The summed E-state index contributed by atoms with van der Waals surface area (Å²) in [6, 6.07) is 18.8. The molecular formula is C21H16BrClN2O3. The Bertz CT molecular complexity index is 1040. The molecule has 0 radical (unpaired) electrons. The van der Waals surface area contributed by atoms with Crippen LogP contribution in [0.2, 0.25) is 5.02 Å². The molecule has 28 heavy (non-hydrogen) atoms. The van der Waals surface area contributed by atoms with Gasteiger partial charge in [-0.15, -0.1) is 0 Å². The van der Waals surface area contributed by atoms with Crippen molar-refractivity contribution in [3.05, 3.63) is 87.4 Å². The summed E-state index contributed by atoms with van der Waals surface area (Å²) in [5, 5.41) is 5.87. The summed E-state index contributed by atoms with van der Waals surface area (Å²) in [4.78, 5) is 25.4. The number of para-hydroxylation sites is 3. The number of hydrogen-bond donors (Lipinski definition) is 2. The van der Waals surface area contributed by atoms with Gasteiger partial charge in [-0.1, -0.05) is 51.8 Å². The highest BCUT2D eigenvalue weighted by molar-refractivity contribution is 9.10. The van der Waals surface area contributed by atoms with E-state index in [0.29, 0.717) is 33.3 Å². The lowest BCUT2D eigenvalue weighted by molar-refractivity contribution is 0.102. The van der Waals surface area contributed by atoms with E-state index in [2.05, 4.69) is 26.6 Å². The number of carbonyl (C=O) groups excluding carboxylic acids is 2. The normalized spacial score (nSPS) is 10.2. The smallest absolute Gasteiger partial charge is 0.257 e. The van der Waals surface area contributed by atoms with Gasteiger partial charge in [0.25, 0.3) is 11.8 Å². The van der Waals surface area contributed by atoms with Crippen molar-refractivity contribution in [1.29, 1.82) is 0 Å². The van der Waals surface area contributed by atoms with E-state index in [0.717, 1.165) is 4.47 Å². The molecule has 2 N–H and O–H groups in total. The van der Waals surface area contributed by atoms with Crippen LogP contribution in [0.15, 0.2) is 71.2 Å². The number of nitrogens with one attached hydrogen (secondary N) is 2. The van der Waals surface area contributed by atoms with Crippen molar-refractivity contribution in [2.75, 3.05) is 17.7 Å². The molecule has 5 nitrogen and oxygen atoms in total. The van der Waals surface area contributed by atoms with Gasteiger partial charge in [-0.05, 0) is 42.5 Å². The molecule has 3 rings (SSSR count). The van der Waals surface area contributed by atoms with E-state index < -0.39 is 5.91 Å². The van der Waals surface area contributed by atoms with Crippen LogP contribution < -0.4 is 15.4 Å². The van der Waals surface area contributed by atoms with Gasteiger partial charge in [0, 0.05) is 4.47 Å². The second-order valence-corrected chi connectivity index (χ2v) is 7.10. The number of ether oxygens (including phenoxy) is 1. The average Bonchev–Trinajstić information content (AvgIpc) is 2.70.